The van der Waals surface area contributed by atoms with Gasteiger partial charge in [-0.2, -0.15) is 0 Å². The zero-order valence-electron chi connectivity index (χ0n) is 5.83. The first-order valence-corrected chi connectivity index (χ1v) is 3.10. The summed E-state index contributed by atoms with van der Waals surface area (Å²) in [5.74, 6) is 0.0688. The Kier molecular flexibility index (Phi) is 1.71. The predicted octanol–water partition coefficient (Wildman–Crippen LogP) is 0.187. The van der Waals surface area contributed by atoms with Crippen LogP contribution in [0.5, 0.6) is 0 Å². The summed E-state index contributed by atoms with van der Waals surface area (Å²) in [5, 5.41) is 7.11. The minimum absolute atomic E-state index is 0.0688. The summed E-state index contributed by atoms with van der Waals surface area (Å²) < 4.78 is 1.82. The second-order valence-corrected chi connectivity index (χ2v) is 1.98. The fraction of sp³-hybridized carbons (Fsp3) is 0.333. The normalized spacial score (nSPS) is 9.70. The molecule has 0 spiro atoms. The van der Waals surface area contributed by atoms with Gasteiger partial charge in [-0.15, -0.1) is 0 Å². The summed E-state index contributed by atoms with van der Waals surface area (Å²) in [6, 6.07) is 0. The first kappa shape index (κ1) is 6.80. The van der Waals surface area contributed by atoms with Gasteiger partial charge in [0, 0.05) is 6.54 Å². The molecule has 0 saturated carbocycles. The number of aryl methyl sites for hydroxylation is 1. The summed E-state index contributed by atoms with van der Waals surface area (Å²) in [6.07, 6.45) is 3.25. The zero-order valence-corrected chi connectivity index (χ0v) is 5.83. The third kappa shape index (κ3) is 1.00. The molecule has 0 amide bonds. The lowest BCUT2D eigenvalue weighted by Gasteiger charge is -2.00. The molecule has 0 radical (unpaired) electrons. The number of hydrogen-bond donors (Lipinski definition) is 2. The maximum absolute atomic E-state index is 7.11. The molecule has 3 N–H and O–H groups in total. The van der Waals surface area contributed by atoms with Gasteiger partial charge >= 0.3 is 0 Å². The van der Waals surface area contributed by atoms with Gasteiger partial charge in [0.25, 0.3) is 0 Å². The lowest BCUT2D eigenvalue weighted by Crippen LogP contribution is -2.15. The van der Waals surface area contributed by atoms with E-state index in [0.717, 1.165) is 6.54 Å². The molecule has 0 aliphatic carbocycles. The number of nitrogens with one attached hydrogen (secondary N) is 1. The highest BCUT2D eigenvalue weighted by Crippen LogP contribution is 1.95. The zero-order chi connectivity index (χ0) is 7.56. The lowest BCUT2D eigenvalue weighted by atomic mass is 10.4. The summed E-state index contributed by atoms with van der Waals surface area (Å²) in [7, 11) is 0. The fourth-order valence-corrected chi connectivity index (χ4v) is 0.797. The second kappa shape index (κ2) is 2.51. The average molecular weight is 138 g/mol. The van der Waals surface area contributed by atoms with E-state index in [-0.39, 0.29) is 5.84 Å². The summed E-state index contributed by atoms with van der Waals surface area (Å²) in [5.41, 5.74) is 5.94. The molecule has 0 aromatic carbocycles. The van der Waals surface area contributed by atoms with Gasteiger partial charge < -0.3 is 10.3 Å². The molecule has 0 aliphatic heterocycles. The molecular weight excluding hydrogens is 128 g/mol. The van der Waals surface area contributed by atoms with Crippen molar-refractivity contribution in [2.75, 3.05) is 0 Å². The molecule has 54 valence electrons. The molecule has 4 nitrogen and oxygen atoms in total. The molecule has 0 atom stereocenters. The number of imidazole rings is 1. The van der Waals surface area contributed by atoms with E-state index in [9.17, 15) is 0 Å². The monoisotopic (exact) mass is 138 g/mol. The van der Waals surface area contributed by atoms with Crippen molar-refractivity contribution in [2.45, 2.75) is 13.5 Å². The maximum atomic E-state index is 7.11. The minimum atomic E-state index is 0.0688. The van der Waals surface area contributed by atoms with Crippen molar-refractivity contribution in [3.05, 3.63) is 18.2 Å². The minimum Gasteiger partial charge on any atom is -0.382 e. The fourth-order valence-electron chi connectivity index (χ4n) is 0.797. The van der Waals surface area contributed by atoms with Crippen molar-refractivity contribution < 1.29 is 0 Å². The van der Waals surface area contributed by atoms with Crippen LogP contribution in [0.3, 0.4) is 0 Å². The molecule has 0 fully saturated rings. The molecule has 1 heterocycles. The van der Waals surface area contributed by atoms with Crippen molar-refractivity contribution in [3.63, 3.8) is 0 Å². The highest BCUT2D eigenvalue weighted by Gasteiger charge is 2.00. The van der Waals surface area contributed by atoms with Crippen LogP contribution in [-0.4, -0.2) is 15.4 Å². The third-order valence-corrected chi connectivity index (χ3v) is 1.33. The van der Waals surface area contributed by atoms with Gasteiger partial charge in [-0.05, 0) is 6.92 Å². The lowest BCUT2D eigenvalue weighted by molar-refractivity contribution is 0.753. The standard InChI is InChI=1S/C6H10N4/c1-2-10-4-9-3-5(10)6(7)8/h3-4H,2H2,1H3,(H3,7,8). The number of rotatable bonds is 2. The van der Waals surface area contributed by atoms with E-state index in [1.807, 2.05) is 11.5 Å². The Hall–Kier alpha value is -1.32. The number of aromatic nitrogens is 2. The van der Waals surface area contributed by atoms with Crippen LogP contribution >= 0.6 is 0 Å². The molecule has 1 aromatic heterocycles. The highest BCUT2D eigenvalue weighted by molar-refractivity contribution is 5.93. The predicted molar refractivity (Wildman–Crippen MR) is 38.9 cm³/mol. The Labute approximate surface area is 59.2 Å². The number of hydrogen-bond acceptors (Lipinski definition) is 2. The Morgan fingerprint density at radius 1 is 1.90 bits per heavy atom. The van der Waals surface area contributed by atoms with E-state index in [4.69, 9.17) is 11.1 Å². The topological polar surface area (TPSA) is 67.7 Å². The summed E-state index contributed by atoms with van der Waals surface area (Å²) in [4.78, 5) is 3.86. The molecule has 0 saturated heterocycles. The van der Waals surface area contributed by atoms with Gasteiger partial charge in [-0.3, -0.25) is 5.41 Å². The Bertz CT molecular complexity index is 238. The van der Waals surface area contributed by atoms with Gasteiger partial charge in [0.05, 0.1) is 12.5 Å². The van der Waals surface area contributed by atoms with Crippen molar-refractivity contribution >= 4 is 5.84 Å². The van der Waals surface area contributed by atoms with Crippen LogP contribution in [0.2, 0.25) is 0 Å². The van der Waals surface area contributed by atoms with Gasteiger partial charge in [0.2, 0.25) is 0 Å². The van der Waals surface area contributed by atoms with Crippen LogP contribution in [0.1, 0.15) is 12.6 Å². The molecule has 0 aliphatic rings. The Morgan fingerprint density at radius 3 is 3.00 bits per heavy atom. The van der Waals surface area contributed by atoms with Crippen molar-refractivity contribution in [1.82, 2.24) is 9.55 Å². The SMILES string of the molecule is CCn1cncc1C(=N)N. The average Bonchev–Trinajstić information content (AvgIpc) is 2.33. The number of nitrogens with two attached hydrogens (primary N) is 1. The molecule has 0 unspecified atom stereocenters. The molecule has 1 rings (SSSR count). The van der Waals surface area contributed by atoms with E-state index < -0.39 is 0 Å². The molecular formula is C6H10N4. The van der Waals surface area contributed by atoms with Crippen LogP contribution in [0, 0.1) is 5.41 Å². The van der Waals surface area contributed by atoms with E-state index in [0.29, 0.717) is 5.69 Å². The number of nitrogens with zero attached hydrogens (tertiary/aromatic N) is 2. The first-order chi connectivity index (χ1) is 4.75. The van der Waals surface area contributed by atoms with E-state index in [1.54, 1.807) is 12.5 Å². The molecule has 10 heavy (non-hydrogen) atoms. The quantitative estimate of drug-likeness (QED) is 0.452. The highest BCUT2D eigenvalue weighted by atomic mass is 15.1. The van der Waals surface area contributed by atoms with Gasteiger partial charge in [-0.25, -0.2) is 4.98 Å². The van der Waals surface area contributed by atoms with Crippen molar-refractivity contribution in [2.24, 2.45) is 5.73 Å². The third-order valence-electron chi connectivity index (χ3n) is 1.33. The summed E-state index contributed by atoms with van der Waals surface area (Å²) in [6.45, 7) is 2.78. The van der Waals surface area contributed by atoms with Gasteiger partial charge in [-0.1, -0.05) is 0 Å². The van der Waals surface area contributed by atoms with Crippen molar-refractivity contribution in [3.8, 4) is 0 Å². The molecule has 1 aromatic rings. The molecule has 0 bridgehead atoms. The van der Waals surface area contributed by atoms with E-state index >= 15 is 0 Å². The largest absolute Gasteiger partial charge is 0.382 e. The van der Waals surface area contributed by atoms with E-state index in [1.165, 1.54) is 0 Å². The van der Waals surface area contributed by atoms with Crippen LogP contribution in [0.4, 0.5) is 0 Å². The van der Waals surface area contributed by atoms with Crippen LogP contribution in [-0.2, 0) is 6.54 Å². The van der Waals surface area contributed by atoms with Crippen LogP contribution < -0.4 is 5.73 Å². The van der Waals surface area contributed by atoms with Crippen LogP contribution in [0.25, 0.3) is 0 Å². The van der Waals surface area contributed by atoms with Crippen LogP contribution in [0.15, 0.2) is 12.5 Å². The Balaban J connectivity index is 3.01. The molecule has 4 heteroatoms. The van der Waals surface area contributed by atoms with Gasteiger partial charge in [0.1, 0.15) is 11.5 Å². The van der Waals surface area contributed by atoms with E-state index in [2.05, 4.69) is 4.98 Å². The second-order valence-electron chi connectivity index (χ2n) is 1.98. The van der Waals surface area contributed by atoms with Gasteiger partial charge in [0.15, 0.2) is 0 Å². The maximum Gasteiger partial charge on any atom is 0.141 e. The number of nitrogen functional groups attached to an aromatic ring is 1. The summed E-state index contributed by atoms with van der Waals surface area (Å²) >= 11 is 0. The smallest absolute Gasteiger partial charge is 0.141 e. The number of amidine groups is 1. The first-order valence-electron chi connectivity index (χ1n) is 3.10. The van der Waals surface area contributed by atoms with Crippen molar-refractivity contribution in [1.29, 1.82) is 5.41 Å². The Morgan fingerprint density at radius 2 is 2.60 bits per heavy atom.